The van der Waals surface area contributed by atoms with E-state index in [1.807, 2.05) is 20.8 Å². The van der Waals surface area contributed by atoms with Crippen molar-refractivity contribution in [3.05, 3.63) is 88.2 Å². The standard InChI is InChI=1S/C31H36Cl2FN3O5S/c1-5-21(4)35-31(39)29(6-2)36(19-26-27(32)9-8-10-28(26)33)30(38)20-37(23-13-15-24(16-14-23)42-7-3)43(40,41)25-17-11-22(34)12-18-25/h8-18,21,29H,5-7,19-20H2,1-4H3,(H,35,39). The Balaban J connectivity index is 2.10. The van der Waals surface area contributed by atoms with Crippen molar-refractivity contribution in [1.82, 2.24) is 10.2 Å². The highest BCUT2D eigenvalue weighted by atomic mass is 35.5. The minimum Gasteiger partial charge on any atom is -0.494 e. The minimum absolute atomic E-state index is 0.141. The molecule has 0 spiro atoms. The molecule has 12 heteroatoms. The average Bonchev–Trinajstić information content (AvgIpc) is 2.97. The van der Waals surface area contributed by atoms with E-state index in [0.29, 0.717) is 34.4 Å². The molecule has 0 radical (unpaired) electrons. The molecule has 0 bridgehead atoms. The quantitative estimate of drug-likeness (QED) is 0.216. The molecule has 3 aromatic carbocycles. The number of benzene rings is 3. The number of carbonyl (C=O) groups is 2. The fourth-order valence-corrected chi connectivity index (χ4v) is 6.28. The third-order valence-electron chi connectivity index (χ3n) is 6.89. The molecule has 0 saturated carbocycles. The van der Waals surface area contributed by atoms with Crippen LogP contribution in [0.4, 0.5) is 10.1 Å². The molecule has 0 heterocycles. The summed E-state index contributed by atoms with van der Waals surface area (Å²) < 4.78 is 47.9. The molecule has 2 atom stereocenters. The predicted molar refractivity (Wildman–Crippen MR) is 168 cm³/mol. The van der Waals surface area contributed by atoms with Gasteiger partial charge in [0, 0.05) is 28.2 Å². The van der Waals surface area contributed by atoms with Gasteiger partial charge in [-0.1, -0.05) is 43.1 Å². The molecule has 3 aromatic rings. The van der Waals surface area contributed by atoms with E-state index in [1.54, 1.807) is 37.3 Å². The zero-order valence-corrected chi connectivity index (χ0v) is 26.8. The molecule has 0 saturated heterocycles. The summed E-state index contributed by atoms with van der Waals surface area (Å²) in [6, 6.07) is 14.3. The number of hydrogen-bond donors (Lipinski definition) is 1. The Labute approximate surface area is 262 Å². The van der Waals surface area contributed by atoms with Crippen molar-refractivity contribution in [2.45, 2.75) is 64.1 Å². The van der Waals surface area contributed by atoms with Crippen LogP contribution in [0, 0.1) is 5.82 Å². The monoisotopic (exact) mass is 651 g/mol. The summed E-state index contributed by atoms with van der Waals surface area (Å²) in [5, 5.41) is 3.51. The summed E-state index contributed by atoms with van der Waals surface area (Å²) in [5.74, 6) is -1.15. The highest BCUT2D eigenvalue weighted by Crippen LogP contribution is 2.29. The number of halogens is 3. The summed E-state index contributed by atoms with van der Waals surface area (Å²) in [6.45, 7) is 6.96. The van der Waals surface area contributed by atoms with Crippen LogP contribution in [0.15, 0.2) is 71.6 Å². The fourth-order valence-electron chi connectivity index (χ4n) is 4.35. The molecule has 232 valence electrons. The lowest BCUT2D eigenvalue weighted by Gasteiger charge is -2.34. The molecule has 0 aromatic heterocycles. The highest BCUT2D eigenvalue weighted by molar-refractivity contribution is 7.92. The Morgan fingerprint density at radius 3 is 2.07 bits per heavy atom. The van der Waals surface area contributed by atoms with Gasteiger partial charge in [-0.15, -0.1) is 0 Å². The van der Waals surface area contributed by atoms with Crippen molar-refractivity contribution < 1.29 is 27.1 Å². The van der Waals surface area contributed by atoms with Crippen molar-refractivity contribution in [2.75, 3.05) is 17.5 Å². The molecule has 0 aliphatic carbocycles. The van der Waals surface area contributed by atoms with Crippen LogP contribution in [0.1, 0.15) is 46.1 Å². The number of ether oxygens (including phenoxy) is 1. The van der Waals surface area contributed by atoms with Crippen LogP contribution in [0.2, 0.25) is 10.0 Å². The Kier molecular flexibility index (Phi) is 12.2. The van der Waals surface area contributed by atoms with Crippen molar-refractivity contribution in [3.8, 4) is 5.75 Å². The summed E-state index contributed by atoms with van der Waals surface area (Å²) in [6.07, 6.45) is 0.914. The third kappa shape index (κ3) is 8.61. The Bertz CT molecular complexity index is 1480. The molecule has 43 heavy (non-hydrogen) atoms. The maximum absolute atomic E-state index is 14.2. The molecule has 0 fully saturated rings. The predicted octanol–water partition coefficient (Wildman–Crippen LogP) is 6.45. The summed E-state index contributed by atoms with van der Waals surface area (Å²) >= 11 is 12.9. The van der Waals surface area contributed by atoms with Crippen LogP contribution in [-0.2, 0) is 26.2 Å². The topological polar surface area (TPSA) is 96.0 Å². The van der Waals surface area contributed by atoms with Crippen molar-refractivity contribution in [1.29, 1.82) is 0 Å². The van der Waals surface area contributed by atoms with Crippen LogP contribution >= 0.6 is 23.2 Å². The number of nitrogens with one attached hydrogen (secondary N) is 1. The van der Waals surface area contributed by atoms with Gasteiger partial charge >= 0.3 is 0 Å². The Morgan fingerprint density at radius 2 is 1.53 bits per heavy atom. The van der Waals surface area contributed by atoms with E-state index in [2.05, 4.69) is 5.32 Å². The largest absolute Gasteiger partial charge is 0.494 e. The van der Waals surface area contributed by atoms with Crippen LogP contribution in [0.25, 0.3) is 0 Å². The van der Waals surface area contributed by atoms with E-state index >= 15 is 0 Å². The van der Waals surface area contributed by atoms with Gasteiger partial charge in [0.25, 0.3) is 10.0 Å². The molecule has 8 nitrogen and oxygen atoms in total. The van der Waals surface area contributed by atoms with E-state index in [-0.39, 0.29) is 35.5 Å². The molecule has 0 aliphatic heterocycles. The van der Waals surface area contributed by atoms with Gasteiger partial charge in [0.1, 0.15) is 24.2 Å². The lowest BCUT2D eigenvalue weighted by atomic mass is 10.1. The van der Waals surface area contributed by atoms with Gasteiger partial charge in [0.05, 0.1) is 17.2 Å². The van der Waals surface area contributed by atoms with Gasteiger partial charge in [0.2, 0.25) is 11.8 Å². The van der Waals surface area contributed by atoms with Crippen LogP contribution in [0.3, 0.4) is 0 Å². The zero-order chi connectivity index (χ0) is 31.7. The Hall–Kier alpha value is -3.34. The fraction of sp³-hybridized carbons (Fsp3) is 0.355. The van der Waals surface area contributed by atoms with Crippen LogP contribution in [-0.4, -0.2) is 50.4 Å². The van der Waals surface area contributed by atoms with Gasteiger partial charge < -0.3 is 15.0 Å². The van der Waals surface area contributed by atoms with Crippen molar-refractivity contribution >= 4 is 50.7 Å². The summed E-state index contributed by atoms with van der Waals surface area (Å²) in [7, 11) is -4.36. The first-order valence-electron chi connectivity index (χ1n) is 14.0. The smallest absolute Gasteiger partial charge is 0.264 e. The van der Waals surface area contributed by atoms with Crippen LogP contribution < -0.4 is 14.4 Å². The second kappa shape index (κ2) is 15.4. The molecular weight excluding hydrogens is 616 g/mol. The molecule has 2 unspecified atom stereocenters. The first kappa shape index (κ1) is 34.2. The number of amides is 2. The lowest BCUT2D eigenvalue weighted by molar-refractivity contribution is -0.140. The summed E-state index contributed by atoms with van der Waals surface area (Å²) in [4.78, 5) is 28.7. The molecular formula is C31H36Cl2FN3O5S. The van der Waals surface area contributed by atoms with Gasteiger partial charge in [-0.05, 0) is 87.4 Å². The normalized spacial score (nSPS) is 12.7. The van der Waals surface area contributed by atoms with Crippen LogP contribution in [0.5, 0.6) is 5.75 Å². The van der Waals surface area contributed by atoms with E-state index < -0.39 is 34.3 Å². The average molecular weight is 653 g/mol. The zero-order valence-electron chi connectivity index (χ0n) is 24.5. The number of anilines is 1. The van der Waals surface area contributed by atoms with Gasteiger partial charge in [-0.25, -0.2) is 12.8 Å². The third-order valence-corrected chi connectivity index (χ3v) is 9.39. The second-order valence-corrected chi connectivity index (χ2v) is 12.5. The van der Waals surface area contributed by atoms with E-state index in [9.17, 15) is 22.4 Å². The number of hydrogen-bond acceptors (Lipinski definition) is 5. The van der Waals surface area contributed by atoms with Crippen molar-refractivity contribution in [2.24, 2.45) is 0 Å². The van der Waals surface area contributed by atoms with Gasteiger partial charge in [-0.2, -0.15) is 0 Å². The molecule has 3 rings (SSSR count). The molecule has 0 aliphatic rings. The van der Waals surface area contributed by atoms with E-state index in [0.717, 1.165) is 28.6 Å². The Morgan fingerprint density at radius 1 is 0.930 bits per heavy atom. The molecule has 2 amide bonds. The number of sulfonamides is 1. The second-order valence-electron chi connectivity index (χ2n) is 9.86. The molecule has 1 N–H and O–H groups in total. The minimum atomic E-state index is -4.36. The van der Waals surface area contributed by atoms with Crippen molar-refractivity contribution in [3.63, 3.8) is 0 Å². The number of carbonyl (C=O) groups excluding carboxylic acids is 2. The maximum Gasteiger partial charge on any atom is 0.264 e. The lowest BCUT2D eigenvalue weighted by Crippen LogP contribution is -2.53. The number of nitrogens with zero attached hydrogens (tertiary/aromatic N) is 2. The SMILES string of the molecule is CCOc1ccc(N(CC(=O)N(Cc2c(Cl)cccc2Cl)C(CC)C(=O)NC(C)CC)S(=O)(=O)c2ccc(F)cc2)cc1. The number of rotatable bonds is 14. The van der Waals surface area contributed by atoms with Gasteiger partial charge in [-0.3, -0.25) is 13.9 Å². The summed E-state index contributed by atoms with van der Waals surface area (Å²) in [5.41, 5.74) is 0.594. The van der Waals surface area contributed by atoms with E-state index in [1.165, 1.54) is 17.0 Å². The highest BCUT2D eigenvalue weighted by Gasteiger charge is 2.34. The first-order valence-corrected chi connectivity index (χ1v) is 16.2. The maximum atomic E-state index is 14.2. The first-order chi connectivity index (χ1) is 20.4. The van der Waals surface area contributed by atoms with Gasteiger partial charge in [0.15, 0.2) is 0 Å². The van der Waals surface area contributed by atoms with E-state index in [4.69, 9.17) is 27.9 Å².